The Balaban J connectivity index is 0.848. The first-order valence-corrected chi connectivity index (χ1v) is 28.4. The highest BCUT2D eigenvalue weighted by atomic mass is 32.2. The fourth-order valence-corrected chi connectivity index (χ4v) is 15.5. The summed E-state index contributed by atoms with van der Waals surface area (Å²) in [5, 5.41) is 50.4. The van der Waals surface area contributed by atoms with Gasteiger partial charge in [-0.1, -0.05) is 59.3 Å². The van der Waals surface area contributed by atoms with Gasteiger partial charge in [0.05, 0.1) is 35.9 Å². The third kappa shape index (κ3) is 11.6. The summed E-state index contributed by atoms with van der Waals surface area (Å²) in [7, 11) is 1.43. The molecule has 8 N–H and O–H groups in total. The lowest BCUT2D eigenvalue weighted by atomic mass is 9.76. The van der Waals surface area contributed by atoms with Crippen LogP contribution in [0.25, 0.3) is 0 Å². The standard InChI is InChI=1S/C54H91FN8O6S/c1-10-36(30(2)3)51(65)62-20-12-14-41(62)49-57-26-38(59-49)34-22-37(55)47-42-23-35-21-33(39-28-61(29-58-39)27-32(6)13-11-19-56-50(64)48(31(4)5)60-53(66)67-9)15-16-40(35)63(42)52(68-44(47)24-34)46-25-43-45(70-46)17-18-54(7,8)69-43/h15,21-22,25,30-32,34,36,38-45,47-53,56-60,64-66H,10-14,16-20,23-24,26-29H2,1-9H3/t32-,34+,36-,38+,39?,40-,41-,42?,43?,44?,45?,47+,48-,49?,50+,51?,52?,53?/m0/s1. The predicted molar refractivity (Wildman–Crippen MR) is 276 cm³/mol. The molecule has 9 aliphatic rings. The molecule has 9 rings (SSSR count). The first-order chi connectivity index (χ1) is 33.5. The molecule has 0 aromatic carbocycles. The van der Waals surface area contributed by atoms with Crippen LogP contribution in [0.1, 0.15) is 120 Å². The number of methoxy groups -OCH3 is 1. The molecule has 70 heavy (non-hydrogen) atoms. The van der Waals surface area contributed by atoms with Crippen LogP contribution >= 0.6 is 11.8 Å². The highest BCUT2D eigenvalue weighted by Gasteiger charge is 2.57. The number of aliphatic hydroxyl groups excluding tert-OH is 3. The van der Waals surface area contributed by atoms with Gasteiger partial charge in [0.2, 0.25) is 6.41 Å². The SMILES string of the molecule is CC[C@@H](C(C)C)C(O)N1CCC[C@H]1C1NC[C@H]([C@@H]2C=C(F)[C@H]3C(C2)OC(C2=CC4OC(C)(C)CCC4S2)N2C3CC3=CC(C4CN(C[C@@H](C)CCCN[C@H](O)[C@@H](NC(O)OC)C(C)C)CN4)=CC[C@@H]32)N1. The lowest BCUT2D eigenvalue weighted by molar-refractivity contribution is -0.175. The van der Waals surface area contributed by atoms with Crippen LogP contribution in [-0.2, 0) is 14.2 Å². The van der Waals surface area contributed by atoms with Crippen LogP contribution < -0.4 is 26.6 Å². The molecule has 0 spiro atoms. The normalized spacial score (nSPS) is 38.3. The second kappa shape index (κ2) is 22.9. The van der Waals surface area contributed by atoms with E-state index in [1.54, 1.807) is 0 Å². The van der Waals surface area contributed by atoms with Crippen molar-refractivity contribution < 1.29 is 33.9 Å². The van der Waals surface area contributed by atoms with E-state index in [4.69, 9.17) is 14.2 Å². The maximum atomic E-state index is 17.2. The number of hydrogen-bond donors (Lipinski definition) is 8. The zero-order chi connectivity index (χ0) is 49.6. The summed E-state index contributed by atoms with van der Waals surface area (Å²) in [5.74, 6) is 0.934. The van der Waals surface area contributed by atoms with Crippen molar-refractivity contribution >= 4 is 11.8 Å². The Labute approximate surface area is 423 Å². The predicted octanol–water partition coefficient (Wildman–Crippen LogP) is 5.30. The average molecular weight is 999 g/mol. The van der Waals surface area contributed by atoms with Crippen LogP contribution in [0.5, 0.6) is 0 Å². The van der Waals surface area contributed by atoms with Crippen molar-refractivity contribution in [2.45, 2.75) is 210 Å². The van der Waals surface area contributed by atoms with Gasteiger partial charge in [0, 0.05) is 86.2 Å². The molecule has 0 aromatic heterocycles. The molecular formula is C54H91FN8O6S. The van der Waals surface area contributed by atoms with Crippen molar-refractivity contribution in [3.63, 3.8) is 0 Å². The second-order valence-corrected chi connectivity index (χ2v) is 25.3. The van der Waals surface area contributed by atoms with Gasteiger partial charge < -0.3 is 29.5 Å². The van der Waals surface area contributed by atoms with E-state index in [1.165, 1.54) is 23.2 Å². The summed E-state index contributed by atoms with van der Waals surface area (Å²) in [6, 6.07) is 0.390. The Kier molecular flexibility index (Phi) is 17.5. The summed E-state index contributed by atoms with van der Waals surface area (Å²) in [4.78, 5) is 8.69. The van der Waals surface area contributed by atoms with Crippen LogP contribution in [0, 0.1) is 35.5 Å². The number of fused-ring (bicyclic) bond motifs is 6. The summed E-state index contributed by atoms with van der Waals surface area (Å²) >= 11 is 1.95. The number of nitrogens with zero attached hydrogens (tertiary/aromatic N) is 3. The molecule has 14 nitrogen and oxygen atoms in total. The Morgan fingerprint density at radius 1 is 1.06 bits per heavy atom. The van der Waals surface area contributed by atoms with Gasteiger partial charge in [0.15, 0.2) is 0 Å². The molecule has 0 bridgehead atoms. The van der Waals surface area contributed by atoms with E-state index in [1.807, 2.05) is 31.7 Å². The largest absolute Gasteiger partial charge is 0.378 e. The fraction of sp³-hybridized carbons (Fsp3) is 0.852. The van der Waals surface area contributed by atoms with Crippen LogP contribution in [0.3, 0.4) is 0 Å². The first-order valence-electron chi connectivity index (χ1n) is 27.6. The Morgan fingerprint density at radius 3 is 2.63 bits per heavy atom. The Hall–Kier alpha value is -1.32. The lowest BCUT2D eigenvalue weighted by Crippen LogP contribution is -2.59. The minimum Gasteiger partial charge on any atom is -0.378 e. The van der Waals surface area contributed by atoms with E-state index in [9.17, 15) is 15.3 Å². The molecule has 0 saturated carbocycles. The van der Waals surface area contributed by atoms with E-state index >= 15 is 4.39 Å². The zero-order valence-electron chi connectivity index (χ0n) is 43.9. The number of hydrogen-bond acceptors (Lipinski definition) is 15. The minimum atomic E-state index is -1.12. The molecule has 7 heterocycles. The van der Waals surface area contributed by atoms with Gasteiger partial charge in [-0.05, 0) is 126 Å². The summed E-state index contributed by atoms with van der Waals surface area (Å²) in [5.41, 5.74) is 2.62. The van der Waals surface area contributed by atoms with Crippen LogP contribution in [-0.4, -0.2) is 167 Å². The van der Waals surface area contributed by atoms with E-state index in [-0.39, 0.29) is 96.0 Å². The Morgan fingerprint density at radius 2 is 1.87 bits per heavy atom. The van der Waals surface area contributed by atoms with E-state index in [2.05, 4.69) is 101 Å². The van der Waals surface area contributed by atoms with Gasteiger partial charge in [-0.3, -0.25) is 41.3 Å². The molecule has 7 aliphatic heterocycles. The zero-order valence-corrected chi connectivity index (χ0v) is 44.7. The average Bonchev–Trinajstić information content (AvgIpc) is 4.18. The van der Waals surface area contributed by atoms with Crippen molar-refractivity contribution in [3.8, 4) is 0 Å². The quantitative estimate of drug-likeness (QED) is 0.0587. The molecule has 6 saturated heterocycles. The van der Waals surface area contributed by atoms with Crippen LogP contribution in [0.15, 0.2) is 46.2 Å². The van der Waals surface area contributed by atoms with Gasteiger partial charge in [-0.15, -0.1) is 11.8 Å². The molecule has 16 heteroatoms. The molecule has 0 radical (unpaired) electrons. The smallest absolute Gasteiger partial charge is 0.213 e. The van der Waals surface area contributed by atoms with Crippen LogP contribution in [0.2, 0.25) is 0 Å². The number of ether oxygens (including phenoxy) is 3. The maximum absolute atomic E-state index is 17.2. The first kappa shape index (κ1) is 53.5. The molecule has 396 valence electrons. The van der Waals surface area contributed by atoms with Crippen molar-refractivity contribution in [3.05, 3.63) is 46.2 Å². The summed E-state index contributed by atoms with van der Waals surface area (Å²) < 4.78 is 36.2. The molecule has 0 aromatic rings. The van der Waals surface area contributed by atoms with Gasteiger partial charge in [0.1, 0.15) is 24.5 Å². The van der Waals surface area contributed by atoms with Gasteiger partial charge >= 0.3 is 0 Å². The molecule has 9 unspecified atom stereocenters. The molecule has 0 amide bonds. The number of likely N-dealkylation sites (tertiary alicyclic amines) is 1. The van der Waals surface area contributed by atoms with Crippen molar-refractivity contribution in [1.29, 1.82) is 0 Å². The summed E-state index contributed by atoms with van der Waals surface area (Å²) in [6.45, 7) is 22.5. The van der Waals surface area contributed by atoms with Crippen molar-refractivity contribution in [1.82, 2.24) is 41.3 Å². The maximum Gasteiger partial charge on any atom is 0.213 e. The van der Waals surface area contributed by atoms with E-state index in [0.717, 1.165) is 97.1 Å². The second-order valence-electron chi connectivity index (χ2n) is 24.0. The molecule has 6 fully saturated rings. The van der Waals surface area contributed by atoms with Gasteiger partial charge in [-0.25, -0.2) is 4.39 Å². The monoisotopic (exact) mass is 999 g/mol. The minimum absolute atomic E-state index is 0.00338. The van der Waals surface area contributed by atoms with Gasteiger partial charge in [-0.2, -0.15) is 0 Å². The summed E-state index contributed by atoms with van der Waals surface area (Å²) in [6.07, 6.45) is 16.2. The van der Waals surface area contributed by atoms with Crippen LogP contribution in [0.4, 0.5) is 4.39 Å². The topological polar surface area (TPSA) is 158 Å². The highest BCUT2D eigenvalue weighted by Crippen LogP contribution is 2.54. The third-order valence-electron chi connectivity index (χ3n) is 17.9. The van der Waals surface area contributed by atoms with Crippen molar-refractivity contribution in [2.75, 3.05) is 46.5 Å². The lowest BCUT2D eigenvalue weighted by Gasteiger charge is -2.51. The Bertz CT molecular complexity index is 1910. The van der Waals surface area contributed by atoms with Crippen molar-refractivity contribution in [2.24, 2.45) is 35.5 Å². The van der Waals surface area contributed by atoms with Gasteiger partial charge in [0.25, 0.3) is 0 Å². The molecule has 18 atom stereocenters. The number of thioether (sulfide) groups is 1. The van der Waals surface area contributed by atoms with E-state index in [0.29, 0.717) is 23.6 Å². The molecular weight excluding hydrogens is 908 g/mol. The third-order valence-corrected chi connectivity index (χ3v) is 19.3. The fourth-order valence-electron chi connectivity index (χ4n) is 14.1. The number of aliphatic hydroxyl groups is 3. The number of halogens is 1. The molecule has 2 aliphatic carbocycles. The number of nitrogens with one attached hydrogen (secondary N) is 5. The highest BCUT2D eigenvalue weighted by molar-refractivity contribution is 8.04. The number of rotatable bonds is 20. The van der Waals surface area contributed by atoms with E-state index < -0.39 is 18.9 Å².